The second-order valence-electron chi connectivity index (χ2n) is 5.58. The standard InChI is InChI=1S/C12H20N2O3/c1-8(9-5-13-6-9)10(15)14-4-3-12(2,7-14)11(16)17/h8-9,13H,3-7H2,1-2H3,(H,16,17). The molecule has 96 valence electrons. The minimum atomic E-state index is -0.800. The topological polar surface area (TPSA) is 69.6 Å². The van der Waals surface area contributed by atoms with Crippen LogP contribution in [0.3, 0.4) is 0 Å². The van der Waals surface area contributed by atoms with E-state index in [9.17, 15) is 9.59 Å². The number of likely N-dealkylation sites (tertiary alicyclic amines) is 1. The molecule has 0 radical (unpaired) electrons. The number of hydrogen-bond acceptors (Lipinski definition) is 3. The fourth-order valence-corrected chi connectivity index (χ4v) is 2.48. The van der Waals surface area contributed by atoms with Gasteiger partial charge < -0.3 is 15.3 Å². The number of carbonyl (C=O) groups is 2. The van der Waals surface area contributed by atoms with Gasteiger partial charge >= 0.3 is 5.97 Å². The molecule has 5 heteroatoms. The van der Waals surface area contributed by atoms with E-state index in [2.05, 4.69) is 5.32 Å². The molecule has 2 atom stereocenters. The van der Waals surface area contributed by atoms with E-state index in [1.165, 1.54) is 0 Å². The smallest absolute Gasteiger partial charge is 0.311 e. The van der Waals surface area contributed by atoms with E-state index in [0.29, 0.717) is 25.4 Å². The van der Waals surface area contributed by atoms with Gasteiger partial charge in [0.1, 0.15) is 0 Å². The molecule has 0 bridgehead atoms. The molecule has 2 fully saturated rings. The summed E-state index contributed by atoms with van der Waals surface area (Å²) < 4.78 is 0. The normalized spacial score (nSPS) is 31.1. The number of amides is 1. The van der Waals surface area contributed by atoms with Crippen LogP contribution < -0.4 is 5.32 Å². The summed E-state index contributed by atoms with van der Waals surface area (Å²) in [4.78, 5) is 25.0. The first kappa shape index (κ1) is 12.4. The maximum absolute atomic E-state index is 12.2. The van der Waals surface area contributed by atoms with Crippen LogP contribution in [0.5, 0.6) is 0 Å². The van der Waals surface area contributed by atoms with Crippen LogP contribution in [0.25, 0.3) is 0 Å². The highest BCUT2D eigenvalue weighted by molar-refractivity contribution is 5.82. The molecule has 0 spiro atoms. The quantitative estimate of drug-likeness (QED) is 0.737. The van der Waals surface area contributed by atoms with Crippen LogP contribution in [0.4, 0.5) is 0 Å². The van der Waals surface area contributed by atoms with Crippen molar-refractivity contribution in [3.8, 4) is 0 Å². The number of hydrogen-bond donors (Lipinski definition) is 2. The monoisotopic (exact) mass is 240 g/mol. The largest absolute Gasteiger partial charge is 0.481 e. The second-order valence-corrected chi connectivity index (χ2v) is 5.58. The third-order valence-corrected chi connectivity index (χ3v) is 4.21. The van der Waals surface area contributed by atoms with Gasteiger partial charge in [-0.1, -0.05) is 6.92 Å². The molecule has 2 aliphatic rings. The molecule has 1 amide bonds. The van der Waals surface area contributed by atoms with Crippen LogP contribution >= 0.6 is 0 Å². The zero-order valence-corrected chi connectivity index (χ0v) is 10.4. The molecule has 2 aliphatic heterocycles. The first-order chi connectivity index (χ1) is 7.94. The van der Waals surface area contributed by atoms with Crippen LogP contribution in [0, 0.1) is 17.3 Å². The molecule has 2 unspecified atom stereocenters. The lowest BCUT2D eigenvalue weighted by molar-refractivity contribution is -0.147. The SMILES string of the molecule is CC(C(=O)N1CCC(C)(C(=O)O)C1)C1CNC1. The van der Waals surface area contributed by atoms with E-state index < -0.39 is 11.4 Å². The molecular formula is C12H20N2O3. The van der Waals surface area contributed by atoms with Crippen LogP contribution in [0.15, 0.2) is 0 Å². The van der Waals surface area contributed by atoms with Gasteiger partial charge in [0.05, 0.1) is 5.41 Å². The van der Waals surface area contributed by atoms with Gasteiger partial charge in [-0.05, 0) is 32.4 Å². The lowest BCUT2D eigenvalue weighted by Crippen LogP contribution is -2.50. The van der Waals surface area contributed by atoms with Gasteiger partial charge in [-0.25, -0.2) is 0 Å². The summed E-state index contributed by atoms with van der Waals surface area (Å²) in [7, 11) is 0. The Kier molecular flexibility index (Phi) is 3.12. The third-order valence-electron chi connectivity index (χ3n) is 4.21. The molecule has 17 heavy (non-hydrogen) atoms. The van der Waals surface area contributed by atoms with Gasteiger partial charge in [0.15, 0.2) is 0 Å². The van der Waals surface area contributed by atoms with Gasteiger partial charge in [-0.15, -0.1) is 0 Å². The predicted molar refractivity (Wildman–Crippen MR) is 62.5 cm³/mol. The van der Waals surface area contributed by atoms with Crippen LogP contribution in [0.1, 0.15) is 20.3 Å². The predicted octanol–water partition coefficient (Wildman–Crippen LogP) is 0.165. The van der Waals surface area contributed by atoms with E-state index in [-0.39, 0.29) is 11.8 Å². The summed E-state index contributed by atoms with van der Waals surface area (Å²) in [5.74, 6) is -0.265. The average Bonchev–Trinajstić information content (AvgIpc) is 2.58. The van der Waals surface area contributed by atoms with Gasteiger partial charge in [-0.2, -0.15) is 0 Å². The van der Waals surface area contributed by atoms with Crippen molar-refractivity contribution in [2.75, 3.05) is 26.2 Å². The number of carbonyl (C=O) groups excluding carboxylic acids is 1. The Morgan fingerprint density at radius 3 is 2.53 bits per heavy atom. The van der Waals surface area contributed by atoms with E-state index in [0.717, 1.165) is 13.1 Å². The minimum Gasteiger partial charge on any atom is -0.481 e. The maximum Gasteiger partial charge on any atom is 0.311 e. The van der Waals surface area contributed by atoms with E-state index >= 15 is 0 Å². The zero-order valence-electron chi connectivity index (χ0n) is 10.4. The Labute approximate surface area is 101 Å². The first-order valence-electron chi connectivity index (χ1n) is 6.17. The highest BCUT2D eigenvalue weighted by Gasteiger charge is 2.43. The Balaban J connectivity index is 1.95. The Bertz CT molecular complexity index is 341. The highest BCUT2D eigenvalue weighted by atomic mass is 16.4. The number of rotatable bonds is 3. The zero-order chi connectivity index (χ0) is 12.6. The fourth-order valence-electron chi connectivity index (χ4n) is 2.48. The molecule has 5 nitrogen and oxygen atoms in total. The summed E-state index contributed by atoms with van der Waals surface area (Å²) in [6.07, 6.45) is 0.559. The van der Waals surface area contributed by atoms with Crippen molar-refractivity contribution in [2.45, 2.75) is 20.3 Å². The van der Waals surface area contributed by atoms with Gasteiger partial charge in [0.25, 0.3) is 0 Å². The summed E-state index contributed by atoms with van der Waals surface area (Å²) in [5.41, 5.74) is -0.757. The van der Waals surface area contributed by atoms with Crippen molar-refractivity contribution < 1.29 is 14.7 Å². The van der Waals surface area contributed by atoms with Gasteiger partial charge in [0.2, 0.25) is 5.91 Å². The molecule has 0 aromatic rings. The summed E-state index contributed by atoms with van der Waals surface area (Å²) in [6, 6.07) is 0. The van der Waals surface area contributed by atoms with Crippen molar-refractivity contribution in [3.63, 3.8) is 0 Å². The fraction of sp³-hybridized carbons (Fsp3) is 0.833. The van der Waals surface area contributed by atoms with Crippen molar-refractivity contribution >= 4 is 11.9 Å². The number of carboxylic acids is 1. The third kappa shape index (κ3) is 2.16. The Morgan fingerprint density at radius 1 is 1.47 bits per heavy atom. The first-order valence-corrected chi connectivity index (χ1v) is 6.17. The average molecular weight is 240 g/mol. The van der Waals surface area contributed by atoms with Crippen molar-refractivity contribution in [2.24, 2.45) is 17.3 Å². The number of carboxylic acid groups (broad SMARTS) is 1. The summed E-state index contributed by atoms with van der Waals surface area (Å²) in [5, 5.41) is 12.3. The Morgan fingerprint density at radius 2 is 2.12 bits per heavy atom. The second kappa shape index (κ2) is 4.29. The van der Waals surface area contributed by atoms with Crippen molar-refractivity contribution in [1.29, 1.82) is 0 Å². The maximum atomic E-state index is 12.2. The summed E-state index contributed by atoms with van der Waals surface area (Å²) in [6.45, 7) is 6.40. The lowest BCUT2D eigenvalue weighted by Gasteiger charge is -2.34. The number of nitrogens with zero attached hydrogens (tertiary/aromatic N) is 1. The number of nitrogens with one attached hydrogen (secondary N) is 1. The highest BCUT2D eigenvalue weighted by Crippen LogP contribution is 2.32. The van der Waals surface area contributed by atoms with Crippen LogP contribution in [-0.2, 0) is 9.59 Å². The minimum absolute atomic E-state index is 0.00685. The molecule has 2 heterocycles. The molecular weight excluding hydrogens is 220 g/mol. The lowest BCUT2D eigenvalue weighted by atomic mass is 9.87. The van der Waals surface area contributed by atoms with Crippen LogP contribution in [-0.4, -0.2) is 48.1 Å². The van der Waals surface area contributed by atoms with Crippen molar-refractivity contribution in [3.05, 3.63) is 0 Å². The molecule has 0 aliphatic carbocycles. The van der Waals surface area contributed by atoms with Crippen LogP contribution in [0.2, 0.25) is 0 Å². The Hall–Kier alpha value is -1.10. The molecule has 2 saturated heterocycles. The van der Waals surface area contributed by atoms with E-state index in [1.807, 2.05) is 6.92 Å². The molecule has 2 N–H and O–H groups in total. The molecule has 0 saturated carbocycles. The number of aliphatic carboxylic acids is 1. The molecule has 0 aromatic heterocycles. The van der Waals surface area contributed by atoms with E-state index in [1.54, 1.807) is 11.8 Å². The van der Waals surface area contributed by atoms with Gasteiger partial charge in [0, 0.05) is 19.0 Å². The van der Waals surface area contributed by atoms with Crippen molar-refractivity contribution in [1.82, 2.24) is 10.2 Å². The van der Waals surface area contributed by atoms with E-state index in [4.69, 9.17) is 5.11 Å². The summed E-state index contributed by atoms with van der Waals surface area (Å²) >= 11 is 0. The molecule has 2 rings (SSSR count). The molecule has 0 aromatic carbocycles. The van der Waals surface area contributed by atoms with Gasteiger partial charge in [-0.3, -0.25) is 9.59 Å².